The Bertz CT molecular complexity index is 2530. The number of hydrogen-bond acceptors (Lipinski definition) is 5. The third-order valence-electron chi connectivity index (χ3n) is 10.4. The molecule has 252 valence electrons. The summed E-state index contributed by atoms with van der Waals surface area (Å²) in [5, 5.41) is 0. The summed E-state index contributed by atoms with van der Waals surface area (Å²) in [7, 11) is 0. The van der Waals surface area contributed by atoms with E-state index in [9.17, 15) is 0 Å². The van der Waals surface area contributed by atoms with Crippen LogP contribution >= 0.6 is 0 Å². The van der Waals surface area contributed by atoms with E-state index in [2.05, 4.69) is 117 Å². The average molecular weight is 676 g/mol. The Balaban J connectivity index is 1.07. The van der Waals surface area contributed by atoms with Crippen LogP contribution in [-0.4, -0.2) is 16.5 Å². The zero-order chi connectivity index (χ0) is 35.4. The van der Waals surface area contributed by atoms with Gasteiger partial charge in [-0.05, 0) is 76.2 Å². The summed E-state index contributed by atoms with van der Waals surface area (Å²) >= 11 is 0. The van der Waals surface area contributed by atoms with Gasteiger partial charge in [-0.3, -0.25) is 0 Å². The monoisotopic (exact) mass is 675 g/mol. The molecule has 0 saturated heterocycles. The van der Waals surface area contributed by atoms with Gasteiger partial charge < -0.3 is 15.2 Å². The average Bonchev–Trinajstić information content (AvgIpc) is 3.44. The second-order valence-electron chi connectivity index (χ2n) is 13.9. The first kappa shape index (κ1) is 31.7. The summed E-state index contributed by atoms with van der Waals surface area (Å²) in [4.78, 5) is 10.1. The van der Waals surface area contributed by atoms with E-state index in [1.807, 2.05) is 49.4 Å². The van der Waals surface area contributed by atoms with E-state index < -0.39 is 0 Å². The molecule has 0 fully saturated rings. The molecule has 9 rings (SSSR count). The van der Waals surface area contributed by atoms with Crippen LogP contribution < -0.4 is 15.2 Å². The molecule has 2 heterocycles. The summed E-state index contributed by atoms with van der Waals surface area (Å²) in [5.41, 5.74) is 19.7. The summed E-state index contributed by atoms with van der Waals surface area (Å²) in [6.07, 6.45) is 2.06. The van der Waals surface area contributed by atoms with Gasteiger partial charge in [-0.2, -0.15) is 0 Å². The molecule has 5 heteroatoms. The molecule has 0 saturated carbocycles. The lowest BCUT2D eigenvalue weighted by Crippen LogP contribution is -2.15. The lowest BCUT2D eigenvalue weighted by Gasteiger charge is -2.25. The molecule has 2 aliphatic rings. The first-order valence-electron chi connectivity index (χ1n) is 17.7. The van der Waals surface area contributed by atoms with Crippen LogP contribution in [0.15, 0.2) is 146 Å². The van der Waals surface area contributed by atoms with E-state index in [-0.39, 0.29) is 5.41 Å². The molecule has 5 nitrogen and oxygen atoms in total. The Kier molecular flexibility index (Phi) is 7.60. The van der Waals surface area contributed by atoms with E-state index in [0.717, 1.165) is 67.4 Å². The molecular weight excluding hydrogens is 639 g/mol. The number of fused-ring (bicyclic) bond motifs is 6. The Morgan fingerprint density at radius 3 is 2.06 bits per heavy atom. The van der Waals surface area contributed by atoms with Crippen molar-refractivity contribution in [1.29, 1.82) is 0 Å². The van der Waals surface area contributed by atoms with Crippen molar-refractivity contribution in [1.82, 2.24) is 9.97 Å². The number of nitrogens with two attached hydrogens (primary N) is 1. The summed E-state index contributed by atoms with van der Waals surface area (Å²) in [6.45, 7) is 7.05. The molecule has 1 aliphatic heterocycles. The van der Waals surface area contributed by atoms with Gasteiger partial charge >= 0.3 is 0 Å². The topological polar surface area (TPSA) is 70.3 Å². The predicted octanol–water partition coefficient (Wildman–Crippen LogP) is 11.7. The summed E-state index contributed by atoms with van der Waals surface area (Å²) < 4.78 is 13.2. The SMILES string of the molecule is C/C=C(\CN)c1ccc(-c2cc(-c3cccc(-c4ccc5c(c4)Oc4ccc6c(c4O5)-c4ccccc4C6(C)C)c3)nc(-c3ccccc3)n2)cc1. The second kappa shape index (κ2) is 12.5. The van der Waals surface area contributed by atoms with E-state index in [1.54, 1.807) is 0 Å². The quantitative estimate of drug-likeness (QED) is 0.190. The maximum Gasteiger partial charge on any atom is 0.178 e. The highest BCUT2D eigenvalue weighted by atomic mass is 16.6. The zero-order valence-corrected chi connectivity index (χ0v) is 29.4. The maximum atomic E-state index is 6.65. The largest absolute Gasteiger partial charge is 0.449 e. The second-order valence-corrected chi connectivity index (χ2v) is 13.9. The number of rotatable bonds is 6. The normalized spacial score (nSPS) is 13.7. The van der Waals surface area contributed by atoms with Crippen LogP contribution in [0.5, 0.6) is 23.0 Å². The number of benzene rings is 6. The molecule has 0 amide bonds. The van der Waals surface area contributed by atoms with Gasteiger partial charge in [-0.25, -0.2) is 9.97 Å². The third kappa shape index (κ3) is 5.29. The number of hydrogen-bond donors (Lipinski definition) is 1. The fraction of sp³-hybridized carbons (Fsp3) is 0.106. The van der Waals surface area contributed by atoms with Gasteiger partial charge in [0, 0.05) is 34.2 Å². The fourth-order valence-electron chi connectivity index (χ4n) is 7.58. The highest BCUT2D eigenvalue weighted by molar-refractivity contribution is 5.88. The standard InChI is InChI=1S/C47H37N3O2/c1-4-29(28-48)30-17-19-31(20-18-30)39-27-40(50-46(49-39)32-11-6-5-7-12-32)35-14-10-13-33(25-35)34-21-23-41-43(26-34)51-42-24-22-38-44(45(42)52-41)36-15-8-9-16-37(36)47(38,2)3/h4-27H,28,48H2,1-3H3/b29-4+. The minimum atomic E-state index is -0.114. The third-order valence-corrected chi connectivity index (χ3v) is 10.4. The predicted molar refractivity (Wildman–Crippen MR) is 211 cm³/mol. The van der Waals surface area contributed by atoms with E-state index in [4.69, 9.17) is 25.2 Å². The van der Waals surface area contributed by atoms with Crippen molar-refractivity contribution in [3.8, 4) is 79.2 Å². The zero-order valence-electron chi connectivity index (χ0n) is 29.4. The van der Waals surface area contributed by atoms with E-state index >= 15 is 0 Å². The van der Waals surface area contributed by atoms with Crippen LogP contribution in [0.4, 0.5) is 0 Å². The van der Waals surface area contributed by atoms with Crippen molar-refractivity contribution in [2.24, 2.45) is 5.73 Å². The van der Waals surface area contributed by atoms with Crippen LogP contribution in [0.1, 0.15) is 37.5 Å². The Hall–Kier alpha value is -6.30. The molecular formula is C47H37N3O2. The lowest BCUT2D eigenvalue weighted by atomic mass is 9.82. The molecule has 1 aliphatic carbocycles. The number of allylic oxidation sites excluding steroid dienone is 1. The molecule has 1 aromatic heterocycles. The number of nitrogens with zero attached hydrogens (tertiary/aromatic N) is 2. The van der Waals surface area contributed by atoms with Crippen LogP contribution in [0.2, 0.25) is 0 Å². The molecule has 0 atom stereocenters. The first-order chi connectivity index (χ1) is 25.4. The van der Waals surface area contributed by atoms with Crippen LogP contribution in [0.3, 0.4) is 0 Å². The molecule has 0 bridgehead atoms. The summed E-state index contributed by atoms with van der Waals surface area (Å²) in [5.74, 6) is 3.58. The molecule has 0 unspecified atom stereocenters. The van der Waals surface area contributed by atoms with Crippen molar-refractivity contribution in [3.63, 3.8) is 0 Å². The van der Waals surface area contributed by atoms with Crippen molar-refractivity contribution < 1.29 is 9.47 Å². The number of ether oxygens (including phenoxy) is 2. The van der Waals surface area contributed by atoms with Crippen molar-refractivity contribution in [3.05, 3.63) is 162 Å². The van der Waals surface area contributed by atoms with Gasteiger partial charge in [0.2, 0.25) is 0 Å². The van der Waals surface area contributed by atoms with Gasteiger partial charge in [0.1, 0.15) is 0 Å². The Labute approximate surface area is 304 Å². The van der Waals surface area contributed by atoms with Crippen LogP contribution in [-0.2, 0) is 5.41 Å². The van der Waals surface area contributed by atoms with Gasteiger partial charge in [-0.15, -0.1) is 0 Å². The summed E-state index contributed by atoms with van der Waals surface area (Å²) in [6, 6.07) is 48.1. The molecule has 2 N–H and O–H groups in total. The highest BCUT2D eigenvalue weighted by Gasteiger charge is 2.39. The molecule has 0 spiro atoms. The Morgan fingerprint density at radius 2 is 1.27 bits per heavy atom. The molecule has 52 heavy (non-hydrogen) atoms. The minimum absolute atomic E-state index is 0.114. The van der Waals surface area contributed by atoms with E-state index in [1.165, 1.54) is 16.7 Å². The molecule has 6 aromatic carbocycles. The fourth-order valence-corrected chi connectivity index (χ4v) is 7.58. The minimum Gasteiger partial charge on any atom is -0.449 e. The first-order valence-corrected chi connectivity index (χ1v) is 17.7. The van der Waals surface area contributed by atoms with E-state index in [0.29, 0.717) is 23.9 Å². The lowest BCUT2D eigenvalue weighted by molar-refractivity contribution is 0.360. The number of aromatic nitrogens is 2. The van der Waals surface area contributed by atoms with Crippen LogP contribution in [0, 0.1) is 0 Å². The van der Waals surface area contributed by atoms with Gasteiger partial charge in [0.15, 0.2) is 28.8 Å². The van der Waals surface area contributed by atoms with Gasteiger partial charge in [-0.1, -0.05) is 129 Å². The van der Waals surface area contributed by atoms with Gasteiger partial charge in [0.05, 0.1) is 11.4 Å². The highest BCUT2D eigenvalue weighted by Crippen LogP contribution is 2.58. The Morgan fingerprint density at radius 1 is 0.596 bits per heavy atom. The van der Waals surface area contributed by atoms with Crippen molar-refractivity contribution in [2.75, 3.05) is 6.54 Å². The maximum absolute atomic E-state index is 6.65. The smallest absolute Gasteiger partial charge is 0.178 e. The molecule has 7 aromatic rings. The van der Waals surface area contributed by atoms with Gasteiger partial charge in [0.25, 0.3) is 0 Å². The van der Waals surface area contributed by atoms with Crippen molar-refractivity contribution >= 4 is 5.57 Å². The van der Waals surface area contributed by atoms with Crippen LogP contribution in [0.25, 0.3) is 61.7 Å². The molecule has 0 radical (unpaired) electrons. The van der Waals surface area contributed by atoms with Crippen molar-refractivity contribution in [2.45, 2.75) is 26.2 Å².